The highest BCUT2D eigenvalue weighted by Gasteiger charge is 2.12. The van der Waals surface area contributed by atoms with Crippen molar-refractivity contribution in [2.45, 2.75) is 6.42 Å². The highest BCUT2D eigenvalue weighted by molar-refractivity contribution is 7.23. The van der Waals surface area contributed by atoms with Gasteiger partial charge in [-0.3, -0.25) is 4.79 Å². The Labute approximate surface area is 134 Å². The van der Waals surface area contributed by atoms with Crippen LogP contribution >= 0.6 is 34.3 Å². The molecule has 0 saturated heterocycles. The molecule has 0 fully saturated rings. The Bertz CT molecular complexity index is 734. The van der Waals surface area contributed by atoms with E-state index in [-0.39, 0.29) is 5.91 Å². The first-order valence-corrected chi connectivity index (χ1v) is 8.31. The van der Waals surface area contributed by atoms with Gasteiger partial charge in [0.15, 0.2) is 0 Å². The highest BCUT2D eigenvalue weighted by Crippen LogP contribution is 2.32. The van der Waals surface area contributed by atoms with Crippen LogP contribution in [0.4, 0.5) is 0 Å². The average molecular weight is 339 g/mol. The Kier molecular flexibility index (Phi) is 4.38. The molecule has 0 aliphatic heterocycles. The molecule has 1 N–H and O–H groups in total. The van der Waals surface area contributed by atoms with Crippen LogP contribution in [0.2, 0.25) is 4.34 Å². The van der Waals surface area contributed by atoms with Gasteiger partial charge >= 0.3 is 0 Å². The number of furan rings is 1. The van der Waals surface area contributed by atoms with E-state index >= 15 is 0 Å². The number of halogens is 1. The van der Waals surface area contributed by atoms with E-state index in [2.05, 4.69) is 10.3 Å². The topological polar surface area (TPSA) is 55.1 Å². The van der Waals surface area contributed by atoms with Crippen LogP contribution in [-0.2, 0) is 6.42 Å². The Balaban J connectivity index is 1.59. The fourth-order valence-corrected chi connectivity index (χ4v) is 3.68. The van der Waals surface area contributed by atoms with Gasteiger partial charge in [0.05, 0.1) is 15.5 Å². The van der Waals surface area contributed by atoms with Gasteiger partial charge in [0.2, 0.25) is 0 Å². The van der Waals surface area contributed by atoms with E-state index in [1.165, 1.54) is 22.7 Å². The highest BCUT2D eigenvalue weighted by atomic mass is 35.5. The van der Waals surface area contributed by atoms with Gasteiger partial charge in [-0.1, -0.05) is 11.6 Å². The summed E-state index contributed by atoms with van der Waals surface area (Å²) in [5.41, 5.74) is 0.430. The molecule has 4 nitrogen and oxygen atoms in total. The molecule has 0 radical (unpaired) electrons. The van der Waals surface area contributed by atoms with E-state index in [9.17, 15) is 4.79 Å². The smallest absolute Gasteiger partial charge is 0.270 e. The summed E-state index contributed by atoms with van der Waals surface area (Å²) in [6.07, 6.45) is 2.28. The predicted molar refractivity (Wildman–Crippen MR) is 85.2 cm³/mol. The molecule has 3 aromatic heterocycles. The van der Waals surface area contributed by atoms with Crippen molar-refractivity contribution in [3.63, 3.8) is 0 Å². The number of amides is 1. The molecule has 0 aliphatic carbocycles. The summed E-state index contributed by atoms with van der Waals surface area (Å²) in [7, 11) is 0. The van der Waals surface area contributed by atoms with Gasteiger partial charge < -0.3 is 9.73 Å². The fourth-order valence-electron chi connectivity index (χ4n) is 1.77. The SMILES string of the molecule is O=C(NCCc1ccco1)c1csc(-c2ccc(Cl)s2)n1. The number of carbonyl (C=O) groups is 1. The molecule has 1 amide bonds. The van der Waals surface area contributed by atoms with Gasteiger partial charge in [0, 0.05) is 18.3 Å². The number of rotatable bonds is 5. The van der Waals surface area contributed by atoms with Crippen LogP contribution < -0.4 is 5.32 Å². The average Bonchev–Trinajstić information content (AvgIpc) is 3.19. The van der Waals surface area contributed by atoms with E-state index in [1.54, 1.807) is 11.6 Å². The van der Waals surface area contributed by atoms with Gasteiger partial charge in [-0.2, -0.15) is 0 Å². The van der Waals surface area contributed by atoms with Crippen molar-refractivity contribution in [3.8, 4) is 9.88 Å². The van der Waals surface area contributed by atoms with Crippen LogP contribution in [0, 0.1) is 0 Å². The van der Waals surface area contributed by atoms with E-state index in [0.717, 1.165) is 15.6 Å². The largest absolute Gasteiger partial charge is 0.469 e. The van der Waals surface area contributed by atoms with Crippen molar-refractivity contribution in [2.24, 2.45) is 0 Å². The van der Waals surface area contributed by atoms with Crippen LogP contribution in [-0.4, -0.2) is 17.4 Å². The summed E-state index contributed by atoms with van der Waals surface area (Å²) in [6.45, 7) is 0.518. The first-order chi connectivity index (χ1) is 10.2. The van der Waals surface area contributed by atoms with Crippen LogP contribution in [0.15, 0.2) is 40.3 Å². The second-order valence-corrected chi connectivity index (χ2v) is 6.80. The minimum Gasteiger partial charge on any atom is -0.469 e. The molecule has 3 heterocycles. The standard InChI is InChI=1S/C14H11ClN2O2S2/c15-12-4-3-11(21-12)14-17-10(8-20-14)13(18)16-6-5-9-2-1-7-19-9/h1-4,7-8H,5-6H2,(H,16,18). The summed E-state index contributed by atoms with van der Waals surface area (Å²) in [5.74, 6) is 0.675. The van der Waals surface area contributed by atoms with Crippen LogP contribution in [0.3, 0.4) is 0 Å². The molecule has 7 heteroatoms. The van der Waals surface area contributed by atoms with Crippen molar-refractivity contribution in [1.29, 1.82) is 0 Å². The maximum Gasteiger partial charge on any atom is 0.270 e. The number of nitrogens with zero attached hydrogens (tertiary/aromatic N) is 1. The molecule has 108 valence electrons. The second-order valence-electron chi connectivity index (χ2n) is 4.23. The normalized spacial score (nSPS) is 10.7. The Hall–Kier alpha value is -1.63. The predicted octanol–water partition coefficient (Wildman–Crippen LogP) is 4.09. The Morgan fingerprint density at radius 1 is 1.38 bits per heavy atom. The maximum atomic E-state index is 12.0. The molecular formula is C14H11ClN2O2S2. The van der Waals surface area contributed by atoms with Crippen molar-refractivity contribution < 1.29 is 9.21 Å². The zero-order valence-electron chi connectivity index (χ0n) is 10.8. The van der Waals surface area contributed by atoms with Gasteiger partial charge in [-0.15, -0.1) is 22.7 Å². The van der Waals surface area contributed by atoms with Crippen LogP contribution in [0.25, 0.3) is 9.88 Å². The lowest BCUT2D eigenvalue weighted by Gasteiger charge is -2.00. The monoisotopic (exact) mass is 338 g/mol. The molecule has 0 unspecified atom stereocenters. The summed E-state index contributed by atoms with van der Waals surface area (Å²) in [6, 6.07) is 7.44. The van der Waals surface area contributed by atoms with Gasteiger partial charge in [0.25, 0.3) is 5.91 Å². The molecule has 3 rings (SSSR count). The molecule has 0 spiro atoms. The summed E-state index contributed by atoms with van der Waals surface area (Å²) in [5, 5.41) is 5.39. The summed E-state index contributed by atoms with van der Waals surface area (Å²) in [4.78, 5) is 17.3. The molecular weight excluding hydrogens is 328 g/mol. The third-order valence-corrected chi connectivity index (χ3v) is 5.00. The number of carbonyl (C=O) groups excluding carboxylic acids is 1. The number of thiophene rings is 1. The minimum absolute atomic E-state index is 0.174. The quantitative estimate of drug-likeness (QED) is 0.762. The van der Waals surface area contributed by atoms with E-state index < -0.39 is 0 Å². The van der Waals surface area contributed by atoms with Gasteiger partial charge in [-0.25, -0.2) is 4.98 Å². The molecule has 0 bridgehead atoms. The first-order valence-electron chi connectivity index (χ1n) is 6.24. The van der Waals surface area contributed by atoms with Crippen molar-refractivity contribution in [3.05, 3.63) is 51.7 Å². The molecule has 21 heavy (non-hydrogen) atoms. The zero-order chi connectivity index (χ0) is 14.7. The molecule has 0 aliphatic rings. The number of thiazole rings is 1. The van der Waals surface area contributed by atoms with E-state index in [0.29, 0.717) is 23.0 Å². The molecule has 0 atom stereocenters. The van der Waals surface area contributed by atoms with Crippen molar-refractivity contribution in [1.82, 2.24) is 10.3 Å². The van der Waals surface area contributed by atoms with Crippen molar-refractivity contribution >= 4 is 40.2 Å². The second kappa shape index (κ2) is 6.43. The number of nitrogens with one attached hydrogen (secondary N) is 1. The van der Waals surface area contributed by atoms with Crippen LogP contribution in [0.1, 0.15) is 16.2 Å². The number of hydrogen-bond acceptors (Lipinski definition) is 5. The molecule has 0 aromatic carbocycles. The lowest BCUT2D eigenvalue weighted by Crippen LogP contribution is -2.25. The van der Waals surface area contributed by atoms with Crippen molar-refractivity contribution in [2.75, 3.05) is 6.54 Å². The van der Waals surface area contributed by atoms with E-state index in [4.69, 9.17) is 16.0 Å². The lowest BCUT2D eigenvalue weighted by molar-refractivity contribution is 0.0949. The third kappa shape index (κ3) is 3.53. The summed E-state index contributed by atoms with van der Waals surface area (Å²) >= 11 is 8.79. The maximum absolute atomic E-state index is 12.0. The van der Waals surface area contributed by atoms with Crippen LogP contribution in [0.5, 0.6) is 0 Å². The first kappa shape index (κ1) is 14.3. The van der Waals surface area contributed by atoms with Gasteiger partial charge in [-0.05, 0) is 24.3 Å². The molecule has 3 aromatic rings. The minimum atomic E-state index is -0.174. The number of aromatic nitrogens is 1. The third-order valence-electron chi connectivity index (χ3n) is 2.76. The number of hydrogen-bond donors (Lipinski definition) is 1. The Morgan fingerprint density at radius 3 is 3.00 bits per heavy atom. The zero-order valence-corrected chi connectivity index (χ0v) is 13.2. The summed E-state index contributed by atoms with van der Waals surface area (Å²) < 4.78 is 5.92. The van der Waals surface area contributed by atoms with Gasteiger partial charge in [0.1, 0.15) is 16.5 Å². The Morgan fingerprint density at radius 2 is 2.29 bits per heavy atom. The molecule has 0 saturated carbocycles. The fraction of sp³-hybridized carbons (Fsp3) is 0.143. The lowest BCUT2D eigenvalue weighted by atomic mass is 10.3. The van der Waals surface area contributed by atoms with E-state index in [1.807, 2.05) is 24.3 Å².